The van der Waals surface area contributed by atoms with Crippen LogP contribution in [0.15, 0.2) is 85.1 Å². The molecule has 0 radical (unpaired) electrons. The Balaban J connectivity index is 5.36. The Labute approximate surface area is 456 Å². The molecule has 3 unspecified atom stereocenters. The number of hydrogen-bond acceptors (Lipinski definition) is 6. The number of carbonyl (C=O) groups is 2. The van der Waals surface area contributed by atoms with E-state index in [9.17, 15) is 19.0 Å². The third-order valence-electron chi connectivity index (χ3n) is 13.1. The number of rotatable bonds is 54. The number of carbonyl (C=O) groups excluding carboxylic acids is 2. The van der Waals surface area contributed by atoms with E-state index in [1.807, 2.05) is 33.3 Å². The summed E-state index contributed by atoms with van der Waals surface area (Å²) in [6, 6.07) is -0.869. The topological polar surface area (TPSA) is 111 Å². The summed E-state index contributed by atoms with van der Waals surface area (Å²) >= 11 is 0. The maximum atomic E-state index is 13.5. The molecule has 0 saturated heterocycles. The van der Waals surface area contributed by atoms with Crippen molar-refractivity contribution < 1.29 is 37.3 Å². The molecule has 0 spiro atoms. The highest BCUT2D eigenvalue weighted by atomic mass is 31.2. The van der Waals surface area contributed by atoms with E-state index in [4.69, 9.17) is 13.8 Å². The zero-order chi connectivity index (χ0) is 54.3. The van der Waals surface area contributed by atoms with Gasteiger partial charge < -0.3 is 19.4 Å². The van der Waals surface area contributed by atoms with Crippen molar-refractivity contribution in [2.45, 2.75) is 270 Å². The predicted molar refractivity (Wildman–Crippen MR) is 318 cm³/mol. The molecule has 0 aliphatic carbocycles. The molecule has 10 heteroatoms. The lowest BCUT2D eigenvalue weighted by molar-refractivity contribution is -0.870. The van der Waals surface area contributed by atoms with Crippen molar-refractivity contribution in [1.82, 2.24) is 5.32 Å². The van der Waals surface area contributed by atoms with Gasteiger partial charge >= 0.3 is 13.8 Å². The predicted octanol–water partition coefficient (Wildman–Crippen LogP) is 18.6. The normalized spacial score (nSPS) is 14.3. The summed E-state index contributed by atoms with van der Waals surface area (Å²) in [5, 5.41) is 3.04. The second-order valence-electron chi connectivity index (χ2n) is 21.5. The number of quaternary nitrogens is 1. The Bertz CT molecular complexity index is 1540. The highest BCUT2D eigenvalue weighted by molar-refractivity contribution is 7.47. The molecule has 0 saturated carbocycles. The lowest BCUT2D eigenvalue weighted by Crippen LogP contribution is -2.47. The number of amides is 1. The molecule has 0 aromatic heterocycles. The van der Waals surface area contributed by atoms with E-state index >= 15 is 0 Å². The van der Waals surface area contributed by atoms with Crippen LogP contribution in [0.3, 0.4) is 0 Å². The zero-order valence-corrected chi connectivity index (χ0v) is 49.7. The van der Waals surface area contributed by atoms with Crippen molar-refractivity contribution in [3.05, 3.63) is 85.1 Å². The van der Waals surface area contributed by atoms with Gasteiger partial charge in [0, 0.05) is 12.8 Å². The maximum Gasteiger partial charge on any atom is 0.472 e. The van der Waals surface area contributed by atoms with E-state index in [0.717, 1.165) is 109 Å². The molecule has 0 heterocycles. The number of allylic oxidation sites excluding steroid dienone is 13. The van der Waals surface area contributed by atoms with E-state index in [1.54, 1.807) is 0 Å². The third-order valence-corrected chi connectivity index (χ3v) is 14.0. The van der Waals surface area contributed by atoms with Crippen molar-refractivity contribution >= 4 is 19.7 Å². The molecule has 74 heavy (non-hydrogen) atoms. The monoisotopic (exact) mass is 1060 g/mol. The molecule has 3 atom stereocenters. The van der Waals surface area contributed by atoms with E-state index < -0.39 is 20.0 Å². The largest absolute Gasteiger partial charge is 0.472 e. The minimum atomic E-state index is -4.46. The Morgan fingerprint density at radius 2 is 0.824 bits per heavy atom. The average molecular weight is 1060 g/mol. The minimum Gasteiger partial charge on any atom is -0.456 e. The second-order valence-corrected chi connectivity index (χ2v) is 23.0. The van der Waals surface area contributed by atoms with Crippen LogP contribution in [0.2, 0.25) is 0 Å². The number of nitrogens with zero attached hydrogens (tertiary/aromatic N) is 1. The molecule has 0 aliphatic rings. The van der Waals surface area contributed by atoms with Gasteiger partial charge in [0.25, 0.3) is 0 Å². The first-order valence-electron chi connectivity index (χ1n) is 30.4. The van der Waals surface area contributed by atoms with Crippen molar-refractivity contribution in [3.63, 3.8) is 0 Å². The highest BCUT2D eigenvalue weighted by Crippen LogP contribution is 2.43. The molecule has 0 fully saturated rings. The van der Waals surface area contributed by atoms with Crippen LogP contribution in [0.4, 0.5) is 0 Å². The van der Waals surface area contributed by atoms with Gasteiger partial charge in [0.15, 0.2) is 0 Å². The first kappa shape index (κ1) is 71.2. The molecular formula is C64H116N2O7P+. The van der Waals surface area contributed by atoms with Gasteiger partial charge in [-0.05, 0) is 109 Å². The average Bonchev–Trinajstić information content (AvgIpc) is 3.36. The van der Waals surface area contributed by atoms with Gasteiger partial charge in [0.1, 0.15) is 19.3 Å². The van der Waals surface area contributed by atoms with Gasteiger partial charge in [-0.25, -0.2) is 4.57 Å². The number of phosphoric acid groups is 1. The van der Waals surface area contributed by atoms with Crippen molar-refractivity contribution in [2.24, 2.45) is 0 Å². The smallest absolute Gasteiger partial charge is 0.456 e. The molecule has 0 aromatic rings. The fraction of sp³-hybridized carbons (Fsp3) is 0.750. The van der Waals surface area contributed by atoms with Crippen LogP contribution in [0.25, 0.3) is 0 Å². The second kappa shape index (κ2) is 53.6. The summed E-state index contributed by atoms with van der Waals surface area (Å²) in [7, 11) is 1.46. The van der Waals surface area contributed by atoms with E-state index in [2.05, 4.69) is 99.0 Å². The van der Waals surface area contributed by atoms with Crippen LogP contribution in [-0.4, -0.2) is 74.3 Å². The van der Waals surface area contributed by atoms with Crippen LogP contribution in [-0.2, 0) is 27.9 Å². The minimum absolute atomic E-state index is 0.0298. The van der Waals surface area contributed by atoms with E-state index in [0.29, 0.717) is 17.4 Å². The van der Waals surface area contributed by atoms with E-state index in [1.165, 1.54) is 116 Å². The molecule has 0 bridgehead atoms. The van der Waals surface area contributed by atoms with Gasteiger partial charge in [0.05, 0.1) is 33.8 Å². The fourth-order valence-corrected chi connectivity index (χ4v) is 9.04. The molecule has 2 N–H and O–H groups in total. The van der Waals surface area contributed by atoms with Gasteiger partial charge in [-0.1, -0.05) is 222 Å². The van der Waals surface area contributed by atoms with E-state index in [-0.39, 0.29) is 31.5 Å². The number of hydrogen-bond donors (Lipinski definition) is 2. The van der Waals surface area contributed by atoms with Crippen LogP contribution < -0.4 is 5.32 Å². The van der Waals surface area contributed by atoms with Gasteiger partial charge in [-0.3, -0.25) is 18.6 Å². The molecule has 9 nitrogen and oxygen atoms in total. The van der Waals surface area contributed by atoms with Crippen molar-refractivity contribution in [2.75, 3.05) is 40.9 Å². The van der Waals surface area contributed by atoms with Gasteiger partial charge in [-0.2, -0.15) is 0 Å². The molecule has 0 rings (SSSR count). The number of esters is 1. The molecular weight excluding hydrogens is 940 g/mol. The summed E-state index contributed by atoms with van der Waals surface area (Å²) in [5.74, 6) is -0.547. The molecule has 428 valence electrons. The summed E-state index contributed by atoms with van der Waals surface area (Å²) < 4.78 is 30.6. The van der Waals surface area contributed by atoms with Gasteiger partial charge in [0.2, 0.25) is 5.91 Å². The lowest BCUT2D eigenvalue weighted by atomic mass is 10.0. The van der Waals surface area contributed by atoms with Crippen molar-refractivity contribution in [1.29, 1.82) is 0 Å². The first-order chi connectivity index (χ1) is 35.9. The van der Waals surface area contributed by atoms with Crippen LogP contribution in [0, 0.1) is 0 Å². The first-order valence-corrected chi connectivity index (χ1v) is 31.9. The Morgan fingerprint density at radius 3 is 1.26 bits per heavy atom. The van der Waals surface area contributed by atoms with Crippen LogP contribution in [0.5, 0.6) is 0 Å². The number of ether oxygens (including phenoxy) is 1. The Hall–Kier alpha value is -2.81. The number of likely N-dealkylation sites (N-methyl/N-ethyl adjacent to an activating group) is 1. The lowest BCUT2D eigenvalue weighted by Gasteiger charge is -2.27. The molecule has 0 aromatic carbocycles. The third kappa shape index (κ3) is 54.0. The van der Waals surface area contributed by atoms with Crippen LogP contribution in [0.1, 0.15) is 258 Å². The number of phosphoric ester groups is 1. The highest BCUT2D eigenvalue weighted by Gasteiger charge is 2.30. The summed E-state index contributed by atoms with van der Waals surface area (Å²) in [6.07, 6.45) is 70.0. The Morgan fingerprint density at radius 1 is 0.473 bits per heavy atom. The van der Waals surface area contributed by atoms with Gasteiger partial charge in [-0.15, -0.1) is 0 Å². The quantitative estimate of drug-likeness (QED) is 0.0205. The number of unbranched alkanes of at least 4 members (excludes halogenated alkanes) is 26. The fourth-order valence-electron chi connectivity index (χ4n) is 8.31. The molecule has 1 amide bonds. The standard InChI is InChI=1S/C64H115N2O7P/c1-7-10-13-16-19-22-25-28-30-32-33-35-37-39-42-45-48-51-54-57-64(68)73-62(55-52-49-46-43-40-27-24-21-18-15-12-9-3)61(60-72-74(69,70)71-59-58-66(4,5)6)65-63(67)56-53-50-47-44-41-38-36-34-31-29-26-23-20-17-14-11-8-2/h19-20,22-23,28-31,33,35-36,38,52,55,61-62H,7-18,21,24-27,32,34,37,39-51,53-54,56-60H2,1-6H3,(H-,65,67,69,70)/p+1/b22-19-,23-20-,30-28-,31-29-,35-33-,38-36-,55-52+. The maximum absolute atomic E-state index is 13.5. The molecule has 0 aliphatic heterocycles. The number of nitrogens with one attached hydrogen (secondary N) is 1. The van der Waals surface area contributed by atoms with Crippen molar-refractivity contribution in [3.8, 4) is 0 Å². The summed E-state index contributed by atoms with van der Waals surface area (Å²) in [4.78, 5) is 37.7. The summed E-state index contributed by atoms with van der Waals surface area (Å²) in [6.45, 7) is 6.92. The van der Waals surface area contributed by atoms with Crippen LogP contribution >= 0.6 is 7.82 Å². The Kier molecular flexibility index (Phi) is 51.5. The summed E-state index contributed by atoms with van der Waals surface area (Å²) in [5.41, 5.74) is 0. The SMILES string of the molecule is CCCCC/C=C\C/C=C\C/C=C\CCCCCCCCC(=O)OC(/C=C/CCCCCCCCCCCC)C(COP(=O)(O)OCC[N+](C)(C)C)NC(=O)CCCCCC/C=C\C/C=C\C/C=C\CCCCC. The zero-order valence-electron chi connectivity index (χ0n) is 48.8.